The molecule has 2 heterocycles. The van der Waals surface area contributed by atoms with Crippen LogP contribution in [-0.4, -0.2) is 34.8 Å². The van der Waals surface area contributed by atoms with Crippen molar-refractivity contribution in [1.82, 2.24) is 10.3 Å². The normalized spacial score (nSPS) is 13.6. The Morgan fingerprint density at radius 1 is 1.39 bits per heavy atom. The fraction of sp³-hybridized carbons (Fsp3) is 0.267. The van der Waals surface area contributed by atoms with Gasteiger partial charge in [0.2, 0.25) is 6.79 Å². The van der Waals surface area contributed by atoms with Crippen molar-refractivity contribution >= 4 is 23.2 Å². The summed E-state index contributed by atoms with van der Waals surface area (Å²) in [6.07, 6.45) is 1.35. The molecule has 1 amide bonds. The molecule has 0 aliphatic carbocycles. The number of aliphatic carboxylic acids is 1. The molecule has 7 nitrogen and oxygen atoms in total. The van der Waals surface area contributed by atoms with E-state index in [1.807, 2.05) is 12.1 Å². The average molecular weight is 334 g/mol. The first kappa shape index (κ1) is 15.3. The van der Waals surface area contributed by atoms with Crippen molar-refractivity contribution in [3.05, 3.63) is 29.3 Å². The summed E-state index contributed by atoms with van der Waals surface area (Å²) in [4.78, 5) is 27.4. The second-order valence-corrected chi connectivity index (χ2v) is 6.10. The Kier molecular flexibility index (Phi) is 4.16. The number of fused-ring (bicyclic) bond motifs is 1. The molecule has 1 aromatic heterocycles. The minimum atomic E-state index is -0.955. The van der Waals surface area contributed by atoms with E-state index in [4.69, 9.17) is 14.6 Å². The first-order valence-electron chi connectivity index (χ1n) is 6.91. The molecule has 120 valence electrons. The van der Waals surface area contributed by atoms with Gasteiger partial charge in [0.25, 0.3) is 5.91 Å². The molecule has 1 atom stereocenters. The Morgan fingerprint density at radius 3 is 2.96 bits per heavy atom. The second-order valence-electron chi connectivity index (χ2n) is 5.07. The number of amides is 1. The van der Waals surface area contributed by atoms with Crippen LogP contribution < -0.4 is 14.8 Å². The molecular weight excluding hydrogens is 320 g/mol. The highest BCUT2D eigenvalue weighted by Gasteiger charge is 2.18. The summed E-state index contributed by atoms with van der Waals surface area (Å²) >= 11 is 1.23. The van der Waals surface area contributed by atoms with E-state index < -0.39 is 12.0 Å². The molecule has 0 saturated heterocycles. The van der Waals surface area contributed by atoms with Gasteiger partial charge in [-0.05, 0) is 25.1 Å². The van der Waals surface area contributed by atoms with Crippen molar-refractivity contribution in [1.29, 1.82) is 0 Å². The highest BCUT2D eigenvalue weighted by molar-refractivity contribution is 7.16. The molecular formula is C15H14N2O5S. The van der Waals surface area contributed by atoms with E-state index in [0.29, 0.717) is 21.4 Å². The lowest BCUT2D eigenvalue weighted by atomic mass is 10.2. The minimum absolute atomic E-state index is 0.125. The van der Waals surface area contributed by atoms with Crippen LogP contribution in [-0.2, 0) is 4.79 Å². The van der Waals surface area contributed by atoms with Crippen molar-refractivity contribution in [2.75, 3.05) is 6.79 Å². The minimum Gasteiger partial charge on any atom is -0.481 e. The lowest BCUT2D eigenvalue weighted by Crippen LogP contribution is -2.33. The van der Waals surface area contributed by atoms with Crippen molar-refractivity contribution < 1.29 is 24.2 Å². The summed E-state index contributed by atoms with van der Waals surface area (Å²) in [5.74, 6) is 0.0518. The first-order chi connectivity index (χ1) is 11.0. The Labute approximate surface area is 135 Å². The Morgan fingerprint density at radius 2 is 2.17 bits per heavy atom. The number of thiazole rings is 1. The SMILES string of the molecule is CC(CC(=O)O)NC(=O)c1cnc(-c2ccc3c(c2)OCO3)s1. The Balaban J connectivity index is 1.73. The Bertz CT molecular complexity index is 758. The second kappa shape index (κ2) is 6.25. The van der Waals surface area contributed by atoms with Gasteiger partial charge in [-0.15, -0.1) is 11.3 Å². The van der Waals surface area contributed by atoms with Gasteiger partial charge in [0, 0.05) is 11.6 Å². The molecule has 0 fully saturated rings. The first-order valence-corrected chi connectivity index (χ1v) is 7.73. The molecule has 2 aromatic rings. The molecule has 0 radical (unpaired) electrons. The topological polar surface area (TPSA) is 97.8 Å². The van der Waals surface area contributed by atoms with Gasteiger partial charge in [-0.25, -0.2) is 4.98 Å². The van der Waals surface area contributed by atoms with Crippen LogP contribution in [0.4, 0.5) is 0 Å². The van der Waals surface area contributed by atoms with Crippen LogP contribution in [0, 0.1) is 0 Å². The number of carbonyl (C=O) groups is 2. The highest BCUT2D eigenvalue weighted by atomic mass is 32.1. The summed E-state index contributed by atoms with van der Waals surface area (Å²) in [7, 11) is 0. The highest BCUT2D eigenvalue weighted by Crippen LogP contribution is 2.36. The number of nitrogens with one attached hydrogen (secondary N) is 1. The zero-order valence-corrected chi connectivity index (χ0v) is 13.1. The van der Waals surface area contributed by atoms with Crippen molar-refractivity contribution in [3.8, 4) is 22.1 Å². The van der Waals surface area contributed by atoms with Crippen LogP contribution in [0.1, 0.15) is 23.0 Å². The van der Waals surface area contributed by atoms with E-state index in [2.05, 4.69) is 10.3 Å². The monoisotopic (exact) mass is 334 g/mol. The van der Waals surface area contributed by atoms with Gasteiger partial charge in [0.05, 0.1) is 12.6 Å². The maximum Gasteiger partial charge on any atom is 0.305 e. The quantitative estimate of drug-likeness (QED) is 0.869. The lowest BCUT2D eigenvalue weighted by molar-refractivity contribution is -0.137. The number of carbonyl (C=O) groups excluding carboxylic acids is 1. The maximum atomic E-state index is 12.1. The predicted octanol–water partition coefficient (Wildman–Crippen LogP) is 2.13. The third-order valence-corrected chi connectivity index (χ3v) is 4.25. The fourth-order valence-electron chi connectivity index (χ4n) is 2.15. The van der Waals surface area contributed by atoms with E-state index in [0.717, 1.165) is 5.56 Å². The summed E-state index contributed by atoms with van der Waals surface area (Å²) < 4.78 is 10.6. The third kappa shape index (κ3) is 3.42. The smallest absolute Gasteiger partial charge is 0.305 e. The molecule has 0 saturated carbocycles. The molecule has 1 aliphatic heterocycles. The lowest BCUT2D eigenvalue weighted by Gasteiger charge is -2.09. The average Bonchev–Trinajstić information content (AvgIpc) is 3.14. The summed E-state index contributed by atoms with van der Waals surface area (Å²) in [5, 5.41) is 12.0. The molecule has 23 heavy (non-hydrogen) atoms. The van der Waals surface area contributed by atoms with Gasteiger partial charge in [0.15, 0.2) is 11.5 Å². The zero-order chi connectivity index (χ0) is 16.4. The number of benzene rings is 1. The number of rotatable bonds is 5. The van der Waals surface area contributed by atoms with Gasteiger partial charge < -0.3 is 19.9 Å². The van der Waals surface area contributed by atoms with Crippen molar-refractivity contribution in [3.63, 3.8) is 0 Å². The van der Waals surface area contributed by atoms with Crippen molar-refractivity contribution in [2.45, 2.75) is 19.4 Å². The van der Waals surface area contributed by atoms with Crippen LogP contribution in [0.25, 0.3) is 10.6 Å². The summed E-state index contributed by atoms with van der Waals surface area (Å²) in [6.45, 7) is 1.84. The van der Waals surface area contributed by atoms with E-state index in [1.165, 1.54) is 17.5 Å². The number of carboxylic acids is 1. The van der Waals surface area contributed by atoms with Crippen LogP contribution in [0.2, 0.25) is 0 Å². The molecule has 1 unspecified atom stereocenters. The third-order valence-electron chi connectivity index (χ3n) is 3.21. The van der Waals surface area contributed by atoms with Crippen LogP contribution >= 0.6 is 11.3 Å². The van der Waals surface area contributed by atoms with E-state index in [-0.39, 0.29) is 19.1 Å². The van der Waals surface area contributed by atoms with Gasteiger partial charge in [-0.2, -0.15) is 0 Å². The van der Waals surface area contributed by atoms with Gasteiger partial charge >= 0.3 is 5.97 Å². The van der Waals surface area contributed by atoms with Crippen LogP contribution in [0.3, 0.4) is 0 Å². The molecule has 8 heteroatoms. The van der Waals surface area contributed by atoms with Gasteiger partial charge in [-0.1, -0.05) is 0 Å². The predicted molar refractivity (Wildman–Crippen MR) is 82.9 cm³/mol. The molecule has 1 aliphatic rings. The van der Waals surface area contributed by atoms with Gasteiger partial charge in [-0.3, -0.25) is 9.59 Å². The van der Waals surface area contributed by atoms with E-state index >= 15 is 0 Å². The standard InChI is InChI=1S/C15H14N2O5S/c1-8(4-13(18)19)17-14(20)12-6-16-15(23-12)9-2-3-10-11(5-9)22-7-21-10/h2-3,5-6,8H,4,7H2,1H3,(H,17,20)(H,18,19). The van der Waals surface area contributed by atoms with Gasteiger partial charge in [0.1, 0.15) is 9.88 Å². The molecule has 0 bridgehead atoms. The molecule has 3 rings (SSSR count). The number of hydrogen-bond donors (Lipinski definition) is 2. The number of nitrogens with zero attached hydrogens (tertiary/aromatic N) is 1. The number of aromatic nitrogens is 1. The number of ether oxygens (including phenoxy) is 2. The van der Waals surface area contributed by atoms with E-state index in [9.17, 15) is 9.59 Å². The van der Waals surface area contributed by atoms with Crippen molar-refractivity contribution in [2.24, 2.45) is 0 Å². The maximum absolute atomic E-state index is 12.1. The molecule has 2 N–H and O–H groups in total. The fourth-order valence-corrected chi connectivity index (χ4v) is 2.97. The molecule has 0 spiro atoms. The number of hydrogen-bond acceptors (Lipinski definition) is 6. The Hall–Kier alpha value is -2.61. The largest absolute Gasteiger partial charge is 0.481 e. The number of carboxylic acid groups (broad SMARTS) is 1. The van der Waals surface area contributed by atoms with Crippen LogP contribution in [0.5, 0.6) is 11.5 Å². The molecule has 1 aromatic carbocycles. The van der Waals surface area contributed by atoms with Crippen LogP contribution in [0.15, 0.2) is 24.4 Å². The van der Waals surface area contributed by atoms with E-state index in [1.54, 1.807) is 13.0 Å². The summed E-state index contributed by atoms with van der Waals surface area (Å²) in [6, 6.07) is 5.01. The summed E-state index contributed by atoms with van der Waals surface area (Å²) in [5.41, 5.74) is 0.830. The zero-order valence-electron chi connectivity index (χ0n) is 12.2.